The fourth-order valence-electron chi connectivity index (χ4n) is 2.46. The van der Waals surface area contributed by atoms with Crippen LogP contribution in [-0.2, 0) is 12.8 Å². The van der Waals surface area contributed by atoms with Gasteiger partial charge < -0.3 is 10.5 Å². The standard InChI is InChI=1S/C18H22FNO/c1-13-4-3-5-14(10-13)6-8-16(20)11-15-7-9-18(21-2)17(19)12-15/h3-5,7,9-10,12,16H,6,8,11,20H2,1-2H3. The topological polar surface area (TPSA) is 35.2 Å². The minimum absolute atomic E-state index is 0.0262. The SMILES string of the molecule is COc1ccc(CC(N)CCc2cccc(C)c2)cc1F. The molecule has 0 aliphatic heterocycles. The third-order valence-electron chi connectivity index (χ3n) is 3.60. The van der Waals surface area contributed by atoms with Crippen molar-refractivity contribution in [3.8, 4) is 5.75 Å². The van der Waals surface area contributed by atoms with Crippen LogP contribution in [-0.4, -0.2) is 13.2 Å². The number of ether oxygens (including phenoxy) is 1. The first-order valence-electron chi connectivity index (χ1n) is 7.22. The fraction of sp³-hybridized carbons (Fsp3) is 0.333. The van der Waals surface area contributed by atoms with E-state index >= 15 is 0 Å². The summed E-state index contributed by atoms with van der Waals surface area (Å²) in [5, 5.41) is 0. The molecule has 0 fully saturated rings. The van der Waals surface area contributed by atoms with Gasteiger partial charge in [0.1, 0.15) is 0 Å². The molecule has 112 valence electrons. The Bertz CT molecular complexity index is 598. The molecule has 0 saturated heterocycles. The van der Waals surface area contributed by atoms with Crippen molar-refractivity contribution in [1.82, 2.24) is 0 Å². The summed E-state index contributed by atoms with van der Waals surface area (Å²) in [5.41, 5.74) is 9.63. The third kappa shape index (κ3) is 4.57. The van der Waals surface area contributed by atoms with Crippen LogP contribution < -0.4 is 10.5 Å². The first-order chi connectivity index (χ1) is 10.1. The summed E-state index contributed by atoms with van der Waals surface area (Å²) >= 11 is 0. The van der Waals surface area contributed by atoms with E-state index < -0.39 is 0 Å². The average molecular weight is 287 g/mol. The number of halogens is 1. The second-order valence-electron chi connectivity index (χ2n) is 5.46. The van der Waals surface area contributed by atoms with Crippen molar-refractivity contribution in [1.29, 1.82) is 0 Å². The average Bonchev–Trinajstić information content (AvgIpc) is 2.45. The van der Waals surface area contributed by atoms with Crippen molar-refractivity contribution in [3.05, 3.63) is 65.0 Å². The molecular weight excluding hydrogens is 265 g/mol. The molecule has 0 aliphatic carbocycles. The van der Waals surface area contributed by atoms with Crippen molar-refractivity contribution in [2.24, 2.45) is 5.73 Å². The molecule has 0 bridgehead atoms. The molecule has 0 amide bonds. The lowest BCUT2D eigenvalue weighted by atomic mass is 9.99. The highest BCUT2D eigenvalue weighted by Gasteiger charge is 2.08. The molecule has 0 saturated carbocycles. The first kappa shape index (κ1) is 15.5. The molecule has 0 aliphatic rings. The number of hydrogen-bond acceptors (Lipinski definition) is 2. The molecule has 0 aromatic heterocycles. The highest BCUT2D eigenvalue weighted by molar-refractivity contribution is 5.29. The number of methoxy groups -OCH3 is 1. The Morgan fingerprint density at radius 3 is 2.62 bits per heavy atom. The number of rotatable bonds is 6. The van der Waals surface area contributed by atoms with E-state index in [4.69, 9.17) is 10.5 Å². The largest absolute Gasteiger partial charge is 0.494 e. The van der Waals surface area contributed by atoms with Crippen LogP contribution in [0.25, 0.3) is 0 Å². The molecule has 0 radical (unpaired) electrons. The van der Waals surface area contributed by atoms with Crippen LogP contribution in [0.5, 0.6) is 5.75 Å². The maximum Gasteiger partial charge on any atom is 0.165 e. The van der Waals surface area contributed by atoms with Crippen molar-refractivity contribution in [2.75, 3.05) is 7.11 Å². The Kier molecular flexibility index (Phi) is 5.34. The van der Waals surface area contributed by atoms with E-state index in [1.54, 1.807) is 6.07 Å². The lowest BCUT2D eigenvalue weighted by Crippen LogP contribution is -2.23. The molecule has 1 atom stereocenters. The summed E-state index contributed by atoms with van der Waals surface area (Å²) in [6.07, 6.45) is 2.51. The number of aryl methyl sites for hydroxylation is 2. The quantitative estimate of drug-likeness (QED) is 0.880. The molecule has 2 N–H and O–H groups in total. The summed E-state index contributed by atoms with van der Waals surface area (Å²) in [4.78, 5) is 0. The zero-order valence-corrected chi connectivity index (χ0v) is 12.6. The van der Waals surface area contributed by atoms with Crippen molar-refractivity contribution >= 4 is 0 Å². The van der Waals surface area contributed by atoms with Gasteiger partial charge in [0.05, 0.1) is 7.11 Å². The Morgan fingerprint density at radius 2 is 1.95 bits per heavy atom. The van der Waals surface area contributed by atoms with Crippen LogP contribution in [0, 0.1) is 12.7 Å². The van der Waals surface area contributed by atoms with Gasteiger partial charge in [0.2, 0.25) is 0 Å². The molecule has 3 heteroatoms. The molecule has 2 aromatic carbocycles. The van der Waals surface area contributed by atoms with Gasteiger partial charge in [-0.1, -0.05) is 35.9 Å². The first-order valence-corrected chi connectivity index (χ1v) is 7.22. The molecule has 2 rings (SSSR count). The second-order valence-corrected chi connectivity index (χ2v) is 5.46. The van der Waals surface area contributed by atoms with Gasteiger partial charge in [0.25, 0.3) is 0 Å². The highest BCUT2D eigenvalue weighted by atomic mass is 19.1. The third-order valence-corrected chi connectivity index (χ3v) is 3.60. The maximum absolute atomic E-state index is 13.6. The summed E-state index contributed by atoms with van der Waals surface area (Å²) in [6, 6.07) is 13.5. The minimum Gasteiger partial charge on any atom is -0.494 e. The van der Waals surface area contributed by atoms with Crippen LogP contribution in [0.15, 0.2) is 42.5 Å². The highest BCUT2D eigenvalue weighted by Crippen LogP contribution is 2.19. The predicted octanol–water partition coefficient (Wildman–Crippen LogP) is 3.65. The molecule has 1 unspecified atom stereocenters. The maximum atomic E-state index is 13.6. The molecular formula is C18H22FNO. The van der Waals surface area contributed by atoms with E-state index in [0.717, 1.165) is 18.4 Å². The van der Waals surface area contributed by atoms with Crippen LogP contribution in [0.2, 0.25) is 0 Å². The molecule has 2 nitrogen and oxygen atoms in total. The zero-order chi connectivity index (χ0) is 15.2. The second kappa shape index (κ2) is 7.23. The van der Waals surface area contributed by atoms with Gasteiger partial charge in [-0.2, -0.15) is 0 Å². The predicted molar refractivity (Wildman–Crippen MR) is 84.1 cm³/mol. The zero-order valence-electron chi connectivity index (χ0n) is 12.6. The molecule has 2 aromatic rings. The number of hydrogen-bond donors (Lipinski definition) is 1. The van der Waals surface area contributed by atoms with Gasteiger partial charge in [-0.15, -0.1) is 0 Å². The Hall–Kier alpha value is -1.87. The molecule has 0 heterocycles. The Balaban J connectivity index is 1.89. The minimum atomic E-state index is -0.333. The van der Waals surface area contributed by atoms with Crippen LogP contribution >= 0.6 is 0 Å². The van der Waals surface area contributed by atoms with Crippen LogP contribution in [0.4, 0.5) is 4.39 Å². The van der Waals surface area contributed by atoms with E-state index in [-0.39, 0.29) is 17.6 Å². The van der Waals surface area contributed by atoms with E-state index in [2.05, 4.69) is 31.2 Å². The lowest BCUT2D eigenvalue weighted by Gasteiger charge is -2.13. The van der Waals surface area contributed by atoms with Crippen molar-refractivity contribution in [3.63, 3.8) is 0 Å². The van der Waals surface area contributed by atoms with E-state index in [1.807, 2.05) is 6.07 Å². The molecule has 0 spiro atoms. The number of nitrogens with two attached hydrogens (primary N) is 1. The summed E-state index contributed by atoms with van der Waals surface area (Å²) in [7, 11) is 1.46. The fourth-order valence-corrected chi connectivity index (χ4v) is 2.46. The van der Waals surface area contributed by atoms with Gasteiger partial charge in [-0.05, 0) is 49.4 Å². The van der Waals surface area contributed by atoms with Gasteiger partial charge in [-0.25, -0.2) is 4.39 Å². The van der Waals surface area contributed by atoms with Gasteiger partial charge in [0, 0.05) is 6.04 Å². The van der Waals surface area contributed by atoms with Gasteiger partial charge in [0.15, 0.2) is 11.6 Å². The van der Waals surface area contributed by atoms with E-state index in [0.29, 0.717) is 6.42 Å². The summed E-state index contributed by atoms with van der Waals surface area (Å²) in [6.45, 7) is 2.09. The normalized spacial score (nSPS) is 12.2. The lowest BCUT2D eigenvalue weighted by molar-refractivity contribution is 0.386. The van der Waals surface area contributed by atoms with Crippen LogP contribution in [0.1, 0.15) is 23.1 Å². The van der Waals surface area contributed by atoms with Gasteiger partial charge in [-0.3, -0.25) is 0 Å². The smallest absolute Gasteiger partial charge is 0.165 e. The van der Waals surface area contributed by atoms with Crippen molar-refractivity contribution in [2.45, 2.75) is 32.2 Å². The monoisotopic (exact) mass is 287 g/mol. The van der Waals surface area contributed by atoms with E-state index in [9.17, 15) is 4.39 Å². The summed E-state index contributed by atoms with van der Waals surface area (Å²) in [5.74, 6) is -0.0621. The molecule has 21 heavy (non-hydrogen) atoms. The van der Waals surface area contributed by atoms with E-state index in [1.165, 1.54) is 24.3 Å². The summed E-state index contributed by atoms with van der Waals surface area (Å²) < 4.78 is 18.5. The Labute approximate surface area is 125 Å². The van der Waals surface area contributed by atoms with Gasteiger partial charge >= 0.3 is 0 Å². The Morgan fingerprint density at radius 1 is 1.14 bits per heavy atom. The van der Waals surface area contributed by atoms with Crippen LogP contribution in [0.3, 0.4) is 0 Å². The number of benzene rings is 2. The van der Waals surface area contributed by atoms with Crippen molar-refractivity contribution < 1.29 is 9.13 Å².